The van der Waals surface area contributed by atoms with E-state index < -0.39 is 0 Å². The molecule has 0 saturated carbocycles. The van der Waals surface area contributed by atoms with Crippen LogP contribution in [0.15, 0.2) is 66.9 Å². The van der Waals surface area contributed by atoms with Crippen LogP contribution in [0.2, 0.25) is 0 Å². The molecule has 1 N–H and O–H groups in total. The second-order valence-corrected chi connectivity index (χ2v) is 8.02. The van der Waals surface area contributed by atoms with Gasteiger partial charge in [0, 0.05) is 48.3 Å². The minimum Gasteiger partial charge on any atom is -0.493 e. The van der Waals surface area contributed by atoms with Crippen molar-refractivity contribution < 1.29 is 13.9 Å². The van der Waals surface area contributed by atoms with Gasteiger partial charge in [-0.2, -0.15) is 5.10 Å². The van der Waals surface area contributed by atoms with E-state index in [1.54, 1.807) is 18.3 Å². The first-order valence-corrected chi connectivity index (χ1v) is 10.7. The van der Waals surface area contributed by atoms with Crippen LogP contribution in [0.5, 0.6) is 5.75 Å². The quantitative estimate of drug-likeness (QED) is 0.494. The van der Waals surface area contributed by atoms with Gasteiger partial charge in [0.25, 0.3) is 5.91 Å². The molecule has 1 unspecified atom stereocenters. The number of benzene rings is 2. The average molecular weight is 430 g/mol. The van der Waals surface area contributed by atoms with Gasteiger partial charge in [-0.25, -0.2) is 4.39 Å². The van der Waals surface area contributed by atoms with Gasteiger partial charge < -0.3 is 9.64 Å². The van der Waals surface area contributed by atoms with Gasteiger partial charge in [-0.3, -0.25) is 14.9 Å². The number of likely N-dealkylation sites (tertiary alicyclic amines) is 1. The Kier molecular flexibility index (Phi) is 5.54. The number of carbonyl (C=O) groups is 1. The number of carbonyl (C=O) groups excluding carboxylic acids is 1. The fraction of sp³-hybridized carbons (Fsp3) is 0.240. The predicted molar refractivity (Wildman–Crippen MR) is 119 cm³/mol. The molecule has 2 aromatic carbocycles. The molecule has 3 heterocycles. The fourth-order valence-electron chi connectivity index (χ4n) is 4.10. The first-order valence-electron chi connectivity index (χ1n) is 10.7. The van der Waals surface area contributed by atoms with E-state index in [4.69, 9.17) is 4.74 Å². The van der Waals surface area contributed by atoms with Gasteiger partial charge in [0.2, 0.25) is 0 Å². The summed E-state index contributed by atoms with van der Waals surface area (Å²) < 4.78 is 18.6. The molecule has 7 heteroatoms. The molecule has 1 atom stereocenters. The largest absolute Gasteiger partial charge is 0.493 e. The Balaban J connectivity index is 1.17. The zero-order valence-corrected chi connectivity index (χ0v) is 17.5. The summed E-state index contributed by atoms with van der Waals surface area (Å²) in [5.74, 6) is 0.614. The molecule has 4 aromatic rings. The highest BCUT2D eigenvalue weighted by Crippen LogP contribution is 2.28. The molecule has 0 radical (unpaired) electrons. The minimum atomic E-state index is -0.280. The number of nitrogens with one attached hydrogen (secondary N) is 1. The third-order valence-electron chi connectivity index (χ3n) is 5.85. The van der Waals surface area contributed by atoms with Gasteiger partial charge in [0.15, 0.2) is 0 Å². The van der Waals surface area contributed by atoms with E-state index in [-0.39, 0.29) is 17.6 Å². The molecule has 6 nitrogen and oxygen atoms in total. The maximum absolute atomic E-state index is 13.0. The second-order valence-electron chi connectivity index (χ2n) is 8.02. The van der Waals surface area contributed by atoms with Gasteiger partial charge in [-0.1, -0.05) is 6.07 Å². The van der Waals surface area contributed by atoms with Gasteiger partial charge in [0.1, 0.15) is 11.6 Å². The molecule has 162 valence electrons. The van der Waals surface area contributed by atoms with Crippen LogP contribution in [-0.4, -0.2) is 45.7 Å². The first kappa shape index (κ1) is 20.2. The summed E-state index contributed by atoms with van der Waals surface area (Å²) in [4.78, 5) is 19.2. The number of nitrogens with zero attached hydrogens (tertiary/aromatic N) is 3. The minimum absolute atomic E-state index is 0.0433. The summed E-state index contributed by atoms with van der Waals surface area (Å²) >= 11 is 0. The number of H-pyrrole nitrogens is 1. The van der Waals surface area contributed by atoms with Crippen LogP contribution in [0.3, 0.4) is 0 Å². The monoisotopic (exact) mass is 430 g/mol. The topological polar surface area (TPSA) is 71.1 Å². The molecule has 1 aliphatic heterocycles. The lowest BCUT2D eigenvalue weighted by Gasteiger charge is -2.16. The third-order valence-corrected chi connectivity index (χ3v) is 5.85. The molecular weight excluding hydrogens is 407 g/mol. The van der Waals surface area contributed by atoms with Crippen molar-refractivity contribution in [2.45, 2.75) is 18.8 Å². The van der Waals surface area contributed by atoms with E-state index in [1.807, 2.05) is 41.3 Å². The molecule has 32 heavy (non-hydrogen) atoms. The Morgan fingerprint density at radius 3 is 2.91 bits per heavy atom. The van der Waals surface area contributed by atoms with E-state index >= 15 is 0 Å². The SMILES string of the molecule is O=C(c1ccc2ncccc2c1)N1CCC(c2cc(CCOc3ccc(F)cc3)[nH]n2)C1. The van der Waals surface area contributed by atoms with Crippen LogP contribution in [-0.2, 0) is 6.42 Å². The van der Waals surface area contributed by atoms with Gasteiger partial charge in [-0.05, 0) is 61.0 Å². The third kappa shape index (κ3) is 4.32. The van der Waals surface area contributed by atoms with Crippen molar-refractivity contribution in [2.75, 3.05) is 19.7 Å². The Morgan fingerprint density at radius 1 is 1.16 bits per heavy atom. The van der Waals surface area contributed by atoms with Crippen molar-refractivity contribution in [1.29, 1.82) is 0 Å². The van der Waals surface area contributed by atoms with Gasteiger partial charge >= 0.3 is 0 Å². The number of aromatic amines is 1. The predicted octanol–water partition coefficient (Wildman–Crippen LogP) is 4.35. The number of ether oxygens (including phenoxy) is 1. The van der Waals surface area contributed by atoms with E-state index in [0.29, 0.717) is 37.4 Å². The van der Waals surface area contributed by atoms with Crippen LogP contribution in [0, 0.1) is 5.82 Å². The van der Waals surface area contributed by atoms with Crippen LogP contribution >= 0.6 is 0 Å². The summed E-state index contributed by atoms with van der Waals surface area (Å²) in [6.45, 7) is 1.84. The summed E-state index contributed by atoms with van der Waals surface area (Å²) in [5.41, 5.74) is 3.52. The number of halogens is 1. The van der Waals surface area contributed by atoms with Crippen LogP contribution in [0.1, 0.15) is 34.1 Å². The highest BCUT2D eigenvalue weighted by molar-refractivity contribution is 5.98. The van der Waals surface area contributed by atoms with Crippen LogP contribution < -0.4 is 4.74 Å². The molecule has 1 fully saturated rings. The van der Waals surface area contributed by atoms with Gasteiger partial charge in [-0.15, -0.1) is 0 Å². The maximum Gasteiger partial charge on any atom is 0.253 e. The zero-order chi connectivity index (χ0) is 21.9. The molecule has 1 aliphatic rings. The van der Waals surface area contributed by atoms with Crippen molar-refractivity contribution in [3.63, 3.8) is 0 Å². The van der Waals surface area contributed by atoms with E-state index in [0.717, 1.165) is 28.7 Å². The van der Waals surface area contributed by atoms with Crippen LogP contribution in [0.4, 0.5) is 4.39 Å². The number of aromatic nitrogens is 3. The molecule has 0 spiro atoms. The Hall–Kier alpha value is -3.74. The summed E-state index contributed by atoms with van der Waals surface area (Å²) in [7, 11) is 0. The van der Waals surface area contributed by atoms with Crippen LogP contribution in [0.25, 0.3) is 10.9 Å². The molecule has 0 bridgehead atoms. The average Bonchev–Trinajstić information content (AvgIpc) is 3.49. The highest BCUT2D eigenvalue weighted by atomic mass is 19.1. The zero-order valence-electron chi connectivity index (χ0n) is 17.5. The first-order chi connectivity index (χ1) is 15.7. The fourth-order valence-corrected chi connectivity index (χ4v) is 4.10. The normalized spacial score (nSPS) is 15.9. The van der Waals surface area contributed by atoms with Crippen molar-refractivity contribution in [2.24, 2.45) is 0 Å². The molecule has 2 aromatic heterocycles. The number of pyridine rings is 1. The molecule has 1 amide bonds. The lowest BCUT2D eigenvalue weighted by atomic mass is 10.0. The number of amides is 1. The number of hydrogen-bond donors (Lipinski definition) is 1. The molecule has 5 rings (SSSR count). The Bertz CT molecular complexity index is 1240. The molecule has 0 aliphatic carbocycles. The van der Waals surface area contributed by atoms with E-state index in [9.17, 15) is 9.18 Å². The smallest absolute Gasteiger partial charge is 0.253 e. The highest BCUT2D eigenvalue weighted by Gasteiger charge is 2.29. The summed E-state index contributed by atoms with van der Waals surface area (Å²) in [5, 5.41) is 8.51. The van der Waals surface area contributed by atoms with Crippen molar-refractivity contribution >= 4 is 16.8 Å². The number of fused-ring (bicyclic) bond motifs is 1. The second kappa shape index (κ2) is 8.78. The standard InChI is InChI=1S/C25H23FN4O2/c26-20-4-6-22(7-5-20)32-13-10-21-15-24(29-28-21)19-9-12-30(16-19)25(31)18-3-8-23-17(14-18)2-1-11-27-23/h1-8,11,14-15,19H,9-10,12-13,16H2,(H,28,29). The number of rotatable bonds is 6. The van der Waals surface area contributed by atoms with Gasteiger partial charge in [0.05, 0.1) is 17.8 Å². The summed E-state index contributed by atoms with van der Waals surface area (Å²) in [6, 6.07) is 17.5. The Labute approximate surface area is 185 Å². The summed E-state index contributed by atoms with van der Waals surface area (Å²) in [6.07, 6.45) is 3.31. The number of hydrogen-bond acceptors (Lipinski definition) is 4. The lowest BCUT2D eigenvalue weighted by molar-refractivity contribution is 0.0791. The van der Waals surface area contributed by atoms with Crippen molar-refractivity contribution in [3.8, 4) is 5.75 Å². The lowest BCUT2D eigenvalue weighted by Crippen LogP contribution is -2.28. The van der Waals surface area contributed by atoms with E-state index in [1.165, 1.54) is 12.1 Å². The van der Waals surface area contributed by atoms with Crippen molar-refractivity contribution in [3.05, 3.63) is 89.6 Å². The molecular formula is C25H23FN4O2. The Morgan fingerprint density at radius 2 is 2.03 bits per heavy atom. The maximum atomic E-state index is 13.0. The van der Waals surface area contributed by atoms with Crippen molar-refractivity contribution in [1.82, 2.24) is 20.1 Å². The van der Waals surface area contributed by atoms with E-state index in [2.05, 4.69) is 15.2 Å². The molecule has 1 saturated heterocycles.